The van der Waals surface area contributed by atoms with Crippen LogP contribution >= 0.6 is 0 Å². The van der Waals surface area contributed by atoms with E-state index in [4.69, 9.17) is 0 Å². The number of hydrogen-bond acceptors (Lipinski definition) is 1. The van der Waals surface area contributed by atoms with Gasteiger partial charge in [-0.25, -0.2) is 17.6 Å². The molecule has 0 radical (unpaired) electrons. The zero-order valence-corrected chi connectivity index (χ0v) is 9.71. The Morgan fingerprint density at radius 2 is 1.53 bits per heavy atom. The maximum atomic E-state index is 13.4. The van der Waals surface area contributed by atoms with Gasteiger partial charge in [0.25, 0.3) is 0 Å². The Labute approximate surface area is 107 Å². The summed E-state index contributed by atoms with van der Waals surface area (Å²) in [6.45, 7) is 0. The topological polar surface area (TPSA) is 20.2 Å². The fraction of sp³-hybridized carbons (Fsp3) is 0.143. The van der Waals surface area contributed by atoms with E-state index in [1.807, 2.05) is 0 Å². The molecule has 1 atom stereocenters. The van der Waals surface area contributed by atoms with Gasteiger partial charge in [0.05, 0.1) is 6.10 Å². The molecule has 0 saturated heterocycles. The van der Waals surface area contributed by atoms with Gasteiger partial charge >= 0.3 is 0 Å². The Hall–Kier alpha value is -1.88. The van der Waals surface area contributed by atoms with E-state index in [0.717, 1.165) is 12.1 Å². The van der Waals surface area contributed by atoms with Crippen LogP contribution in [0, 0.1) is 23.3 Å². The quantitative estimate of drug-likeness (QED) is 0.668. The van der Waals surface area contributed by atoms with Crippen LogP contribution in [0.1, 0.15) is 17.2 Å². The summed E-state index contributed by atoms with van der Waals surface area (Å²) in [5, 5.41) is 9.80. The largest absolute Gasteiger partial charge is 0.388 e. The Kier molecular flexibility index (Phi) is 3.85. The lowest BCUT2D eigenvalue weighted by molar-refractivity contribution is 0.170. The van der Waals surface area contributed by atoms with Crippen molar-refractivity contribution in [2.24, 2.45) is 0 Å². The minimum atomic E-state index is -1.65. The summed E-state index contributed by atoms with van der Waals surface area (Å²) < 4.78 is 52.6. The number of benzene rings is 2. The molecule has 0 heterocycles. The molecule has 0 aromatic heterocycles. The first-order valence-corrected chi connectivity index (χ1v) is 5.55. The van der Waals surface area contributed by atoms with Gasteiger partial charge in [0.15, 0.2) is 17.5 Å². The second-order valence-electron chi connectivity index (χ2n) is 4.08. The van der Waals surface area contributed by atoms with Crippen molar-refractivity contribution in [3.05, 3.63) is 70.8 Å². The fourth-order valence-electron chi connectivity index (χ4n) is 1.78. The standard InChI is InChI=1S/C14H10F4O/c15-10-4-2-1-3-8(10)7-12(19)9-5-6-11(16)14(18)13(9)17/h1-6,12,19H,7H2. The van der Waals surface area contributed by atoms with Crippen molar-refractivity contribution in [2.45, 2.75) is 12.5 Å². The lowest BCUT2D eigenvalue weighted by Gasteiger charge is -2.13. The average molecular weight is 270 g/mol. The summed E-state index contributed by atoms with van der Waals surface area (Å²) in [4.78, 5) is 0. The van der Waals surface area contributed by atoms with Crippen LogP contribution in [-0.2, 0) is 6.42 Å². The zero-order valence-electron chi connectivity index (χ0n) is 9.71. The average Bonchev–Trinajstić information content (AvgIpc) is 2.39. The molecule has 1 nitrogen and oxygen atoms in total. The van der Waals surface area contributed by atoms with E-state index in [1.54, 1.807) is 6.07 Å². The van der Waals surface area contributed by atoms with Crippen molar-refractivity contribution >= 4 is 0 Å². The first kappa shape index (κ1) is 13.5. The van der Waals surface area contributed by atoms with Gasteiger partial charge in [-0.1, -0.05) is 24.3 Å². The SMILES string of the molecule is OC(Cc1ccccc1F)c1ccc(F)c(F)c1F. The van der Waals surface area contributed by atoms with E-state index >= 15 is 0 Å². The Morgan fingerprint density at radius 1 is 0.842 bits per heavy atom. The van der Waals surface area contributed by atoms with E-state index < -0.39 is 34.9 Å². The molecule has 2 aromatic carbocycles. The van der Waals surface area contributed by atoms with Crippen LogP contribution in [0.2, 0.25) is 0 Å². The summed E-state index contributed by atoms with van der Waals surface area (Å²) in [5.41, 5.74) is -0.235. The van der Waals surface area contributed by atoms with Crippen LogP contribution in [0.25, 0.3) is 0 Å². The molecule has 0 aliphatic rings. The summed E-state index contributed by atoms with van der Waals surface area (Å²) in [7, 11) is 0. The van der Waals surface area contributed by atoms with Crippen molar-refractivity contribution in [3.63, 3.8) is 0 Å². The molecule has 1 N–H and O–H groups in total. The second-order valence-corrected chi connectivity index (χ2v) is 4.08. The van der Waals surface area contributed by atoms with Crippen molar-refractivity contribution in [2.75, 3.05) is 0 Å². The predicted molar refractivity (Wildman–Crippen MR) is 61.4 cm³/mol. The summed E-state index contributed by atoms with van der Waals surface area (Å²) in [6, 6.07) is 7.33. The van der Waals surface area contributed by atoms with Crippen molar-refractivity contribution in [1.29, 1.82) is 0 Å². The van der Waals surface area contributed by atoms with Crippen LogP contribution in [0.3, 0.4) is 0 Å². The molecule has 0 bridgehead atoms. The molecule has 0 saturated carbocycles. The monoisotopic (exact) mass is 270 g/mol. The Morgan fingerprint density at radius 3 is 2.21 bits per heavy atom. The van der Waals surface area contributed by atoms with E-state index in [-0.39, 0.29) is 12.0 Å². The van der Waals surface area contributed by atoms with E-state index in [1.165, 1.54) is 18.2 Å². The van der Waals surface area contributed by atoms with E-state index in [0.29, 0.717) is 0 Å². The van der Waals surface area contributed by atoms with Crippen LogP contribution in [0.15, 0.2) is 36.4 Å². The minimum absolute atomic E-state index is 0.166. The van der Waals surface area contributed by atoms with E-state index in [9.17, 15) is 22.7 Å². The molecule has 19 heavy (non-hydrogen) atoms. The first-order valence-electron chi connectivity index (χ1n) is 5.55. The summed E-state index contributed by atoms with van der Waals surface area (Å²) in [5.74, 6) is -4.99. The third-order valence-corrected chi connectivity index (χ3v) is 2.80. The first-order chi connectivity index (χ1) is 9.00. The Balaban J connectivity index is 2.28. The maximum Gasteiger partial charge on any atom is 0.194 e. The van der Waals surface area contributed by atoms with Gasteiger partial charge in [0.2, 0.25) is 0 Å². The number of aliphatic hydroxyl groups is 1. The molecular weight excluding hydrogens is 260 g/mol. The van der Waals surface area contributed by atoms with Gasteiger partial charge in [-0.15, -0.1) is 0 Å². The molecule has 0 spiro atoms. The highest BCUT2D eigenvalue weighted by Gasteiger charge is 2.20. The van der Waals surface area contributed by atoms with Gasteiger partial charge in [0, 0.05) is 12.0 Å². The maximum absolute atomic E-state index is 13.4. The fourth-order valence-corrected chi connectivity index (χ4v) is 1.78. The second kappa shape index (κ2) is 5.40. The minimum Gasteiger partial charge on any atom is -0.388 e. The van der Waals surface area contributed by atoms with Crippen molar-refractivity contribution < 1.29 is 22.7 Å². The molecule has 1 unspecified atom stereocenters. The molecular formula is C14H10F4O. The molecule has 100 valence electrons. The number of aliphatic hydroxyl groups excluding tert-OH is 1. The summed E-state index contributed by atoms with van der Waals surface area (Å²) >= 11 is 0. The molecule has 0 fully saturated rings. The molecule has 5 heteroatoms. The highest BCUT2D eigenvalue weighted by atomic mass is 19.2. The van der Waals surface area contributed by atoms with E-state index in [2.05, 4.69) is 0 Å². The van der Waals surface area contributed by atoms with Crippen LogP contribution in [0.5, 0.6) is 0 Å². The smallest absolute Gasteiger partial charge is 0.194 e. The van der Waals surface area contributed by atoms with Crippen molar-refractivity contribution in [3.8, 4) is 0 Å². The highest BCUT2D eigenvalue weighted by molar-refractivity contribution is 5.26. The molecule has 0 aliphatic carbocycles. The highest BCUT2D eigenvalue weighted by Crippen LogP contribution is 2.25. The third-order valence-electron chi connectivity index (χ3n) is 2.80. The predicted octanol–water partition coefficient (Wildman–Crippen LogP) is 3.52. The van der Waals surface area contributed by atoms with Crippen molar-refractivity contribution in [1.82, 2.24) is 0 Å². The van der Waals surface area contributed by atoms with Gasteiger partial charge in [-0.05, 0) is 17.7 Å². The number of hydrogen-bond donors (Lipinski definition) is 1. The number of rotatable bonds is 3. The van der Waals surface area contributed by atoms with Gasteiger partial charge in [-0.3, -0.25) is 0 Å². The Bertz CT molecular complexity index is 598. The van der Waals surface area contributed by atoms with Crippen LogP contribution in [0.4, 0.5) is 17.6 Å². The van der Waals surface area contributed by atoms with Gasteiger partial charge < -0.3 is 5.11 Å². The normalized spacial score (nSPS) is 12.5. The van der Waals surface area contributed by atoms with Crippen LogP contribution in [-0.4, -0.2) is 5.11 Å². The van der Waals surface area contributed by atoms with Gasteiger partial charge in [0.1, 0.15) is 5.82 Å². The van der Waals surface area contributed by atoms with Crippen LogP contribution < -0.4 is 0 Å². The molecule has 2 aromatic rings. The lowest BCUT2D eigenvalue weighted by atomic mass is 10.0. The zero-order chi connectivity index (χ0) is 14.0. The molecule has 2 rings (SSSR count). The number of halogens is 4. The molecule has 0 amide bonds. The third kappa shape index (κ3) is 2.76. The molecule has 0 aliphatic heterocycles. The summed E-state index contributed by atoms with van der Waals surface area (Å²) in [6.07, 6.45) is -1.68. The van der Waals surface area contributed by atoms with Gasteiger partial charge in [-0.2, -0.15) is 0 Å². The lowest BCUT2D eigenvalue weighted by Crippen LogP contribution is -2.08.